The number of hydrogen-bond donors (Lipinski definition) is 1. The van der Waals surface area contributed by atoms with Crippen molar-refractivity contribution in [1.29, 1.82) is 0 Å². The molecule has 1 N–H and O–H groups in total. The molecular formula is C23H27N5O3S. The molecule has 1 saturated heterocycles. The number of nitrogens with one attached hydrogen (secondary N) is 1. The first-order valence-electron chi connectivity index (χ1n) is 11.2. The highest BCUT2D eigenvalue weighted by atomic mass is 32.1. The topological polar surface area (TPSA) is 88.8 Å². The zero-order valence-corrected chi connectivity index (χ0v) is 19.0. The van der Waals surface area contributed by atoms with Crippen LogP contribution < -0.4 is 20.5 Å². The average Bonchev–Trinajstić information content (AvgIpc) is 3.27. The molecule has 1 atom stereocenters. The number of fused-ring (bicyclic) bond motifs is 2. The largest absolute Gasteiger partial charge is 0.497 e. The van der Waals surface area contributed by atoms with E-state index in [4.69, 9.17) is 9.72 Å². The molecule has 1 aliphatic heterocycles. The van der Waals surface area contributed by atoms with Crippen LogP contribution >= 0.6 is 11.3 Å². The number of aryl methyl sites for hydroxylation is 1. The maximum Gasteiger partial charge on any atom is 0.278 e. The Balaban J connectivity index is 1.29. The van der Waals surface area contributed by atoms with Crippen molar-refractivity contribution in [3.8, 4) is 5.75 Å². The number of piperidine rings is 1. The van der Waals surface area contributed by atoms with Gasteiger partial charge in [-0.15, -0.1) is 5.10 Å². The lowest BCUT2D eigenvalue weighted by Crippen LogP contribution is -2.43. The van der Waals surface area contributed by atoms with Gasteiger partial charge in [0.15, 0.2) is 0 Å². The number of carbonyl (C=O) groups excluding carboxylic acids is 1. The number of rotatable bonds is 5. The van der Waals surface area contributed by atoms with Gasteiger partial charge in [-0.1, -0.05) is 23.5 Å². The minimum atomic E-state index is -0.112. The maximum absolute atomic E-state index is 12.9. The summed E-state index contributed by atoms with van der Waals surface area (Å²) in [6.45, 7) is 1.89. The Morgan fingerprint density at radius 3 is 3.03 bits per heavy atom. The van der Waals surface area contributed by atoms with Crippen molar-refractivity contribution in [3.63, 3.8) is 0 Å². The summed E-state index contributed by atoms with van der Waals surface area (Å²) in [7, 11) is 1.63. The number of aromatic nitrogens is 3. The fraction of sp³-hybridized carbons (Fsp3) is 0.478. The van der Waals surface area contributed by atoms with Gasteiger partial charge >= 0.3 is 0 Å². The molecule has 1 aliphatic carbocycles. The van der Waals surface area contributed by atoms with E-state index in [1.807, 2.05) is 24.3 Å². The van der Waals surface area contributed by atoms with Gasteiger partial charge < -0.3 is 15.0 Å². The third kappa shape index (κ3) is 4.09. The van der Waals surface area contributed by atoms with Crippen LogP contribution in [-0.2, 0) is 24.2 Å². The molecule has 1 amide bonds. The summed E-state index contributed by atoms with van der Waals surface area (Å²) < 4.78 is 6.71. The van der Waals surface area contributed by atoms with Crippen LogP contribution in [-0.4, -0.2) is 40.7 Å². The fourth-order valence-corrected chi connectivity index (χ4v) is 5.52. The Labute approximate surface area is 190 Å². The quantitative estimate of drug-likeness (QED) is 0.639. The summed E-state index contributed by atoms with van der Waals surface area (Å²) in [6, 6.07) is 7.71. The second-order valence-electron chi connectivity index (χ2n) is 8.48. The van der Waals surface area contributed by atoms with E-state index in [2.05, 4.69) is 15.3 Å². The fourth-order valence-electron chi connectivity index (χ4n) is 4.57. The number of methoxy groups -OCH3 is 1. The van der Waals surface area contributed by atoms with Crippen molar-refractivity contribution in [2.45, 2.75) is 45.1 Å². The van der Waals surface area contributed by atoms with Crippen molar-refractivity contribution < 1.29 is 9.53 Å². The molecule has 2 aliphatic rings. The summed E-state index contributed by atoms with van der Waals surface area (Å²) in [6.07, 6.45) is 5.53. The Morgan fingerprint density at radius 2 is 2.16 bits per heavy atom. The minimum Gasteiger partial charge on any atom is -0.497 e. The van der Waals surface area contributed by atoms with Gasteiger partial charge in [-0.2, -0.15) is 4.52 Å². The summed E-state index contributed by atoms with van der Waals surface area (Å²) >= 11 is 1.44. The zero-order chi connectivity index (χ0) is 22.1. The van der Waals surface area contributed by atoms with E-state index >= 15 is 0 Å². The maximum atomic E-state index is 12.9. The molecule has 5 rings (SSSR count). The van der Waals surface area contributed by atoms with E-state index < -0.39 is 0 Å². The van der Waals surface area contributed by atoms with Crippen molar-refractivity contribution >= 4 is 27.3 Å². The number of benzene rings is 1. The molecule has 0 bridgehead atoms. The molecular weight excluding hydrogens is 426 g/mol. The van der Waals surface area contributed by atoms with Crippen molar-refractivity contribution in [3.05, 3.63) is 51.4 Å². The number of anilines is 1. The Kier molecular flexibility index (Phi) is 5.82. The highest BCUT2D eigenvalue weighted by Gasteiger charge is 2.28. The minimum absolute atomic E-state index is 0.0307. The highest BCUT2D eigenvalue weighted by molar-refractivity contribution is 7.20. The Bertz CT molecular complexity index is 1200. The molecule has 1 aromatic carbocycles. The van der Waals surface area contributed by atoms with Gasteiger partial charge in [0, 0.05) is 25.2 Å². The lowest BCUT2D eigenvalue weighted by molar-refractivity contribution is -0.125. The molecule has 8 nitrogen and oxygen atoms in total. The van der Waals surface area contributed by atoms with Gasteiger partial charge in [-0.25, -0.2) is 4.98 Å². The predicted octanol–water partition coefficient (Wildman–Crippen LogP) is 2.57. The van der Waals surface area contributed by atoms with Crippen LogP contribution in [0.4, 0.5) is 5.13 Å². The van der Waals surface area contributed by atoms with Crippen LogP contribution in [0.1, 0.15) is 42.5 Å². The first-order valence-corrected chi connectivity index (χ1v) is 12.0. The molecule has 168 valence electrons. The molecule has 0 spiro atoms. The second kappa shape index (κ2) is 8.90. The van der Waals surface area contributed by atoms with Gasteiger partial charge in [-0.05, 0) is 56.2 Å². The standard InChI is InChI=1S/C23H27N5O3S/c1-31-17-8-4-6-15(12-17)13-24-20(29)16-7-5-11-27(14-16)23-26-28-21(30)18-9-2-3-10-19(18)25-22(28)32-23/h4,6,8,12,16H,2-3,5,7,9-11,13-14H2,1H3,(H,24,29)/t16-/m0/s1. The van der Waals surface area contributed by atoms with Crippen LogP contribution in [0.15, 0.2) is 29.1 Å². The monoisotopic (exact) mass is 453 g/mol. The van der Waals surface area contributed by atoms with E-state index in [1.165, 1.54) is 15.9 Å². The summed E-state index contributed by atoms with van der Waals surface area (Å²) in [5, 5.41) is 8.42. The van der Waals surface area contributed by atoms with Crippen LogP contribution in [0.3, 0.4) is 0 Å². The third-order valence-corrected chi connectivity index (χ3v) is 7.30. The van der Waals surface area contributed by atoms with E-state index in [9.17, 15) is 9.59 Å². The SMILES string of the molecule is COc1cccc(CNC(=O)[C@H]2CCCN(c3nn4c(=O)c5c(nc4s3)CCCC5)C2)c1. The molecule has 32 heavy (non-hydrogen) atoms. The summed E-state index contributed by atoms with van der Waals surface area (Å²) in [4.78, 5) is 33.2. The van der Waals surface area contributed by atoms with Crippen LogP contribution in [0.25, 0.3) is 4.96 Å². The summed E-state index contributed by atoms with van der Waals surface area (Å²) in [5.74, 6) is 0.714. The number of nitrogens with zero attached hydrogens (tertiary/aromatic N) is 4. The van der Waals surface area contributed by atoms with E-state index in [0.29, 0.717) is 18.1 Å². The number of ether oxygens (including phenoxy) is 1. The number of carbonyl (C=O) groups is 1. The molecule has 2 aromatic heterocycles. The molecule has 3 heterocycles. The first kappa shape index (κ1) is 20.9. The van der Waals surface area contributed by atoms with Crippen molar-refractivity contribution in [2.75, 3.05) is 25.1 Å². The highest BCUT2D eigenvalue weighted by Crippen LogP contribution is 2.28. The van der Waals surface area contributed by atoms with Crippen LogP contribution in [0, 0.1) is 5.92 Å². The zero-order valence-electron chi connectivity index (χ0n) is 18.2. The van der Waals surface area contributed by atoms with Crippen LogP contribution in [0.5, 0.6) is 5.75 Å². The van der Waals surface area contributed by atoms with E-state index in [0.717, 1.165) is 72.8 Å². The first-order chi connectivity index (χ1) is 15.6. The molecule has 1 fully saturated rings. The normalized spacial score (nSPS) is 18.4. The molecule has 3 aromatic rings. The van der Waals surface area contributed by atoms with Gasteiger partial charge in [0.05, 0.1) is 18.7 Å². The molecule has 0 radical (unpaired) electrons. The molecule has 0 saturated carbocycles. The van der Waals surface area contributed by atoms with Gasteiger partial charge in [-0.3, -0.25) is 9.59 Å². The van der Waals surface area contributed by atoms with Crippen LogP contribution in [0.2, 0.25) is 0 Å². The van der Waals surface area contributed by atoms with E-state index in [1.54, 1.807) is 7.11 Å². The van der Waals surface area contributed by atoms with Gasteiger partial charge in [0.2, 0.25) is 16.0 Å². The van der Waals surface area contributed by atoms with Gasteiger partial charge in [0.25, 0.3) is 5.56 Å². The van der Waals surface area contributed by atoms with Crippen molar-refractivity contribution in [1.82, 2.24) is 19.9 Å². The van der Waals surface area contributed by atoms with Gasteiger partial charge in [0.1, 0.15) is 5.75 Å². The third-order valence-electron chi connectivity index (χ3n) is 6.33. The lowest BCUT2D eigenvalue weighted by Gasteiger charge is -2.31. The van der Waals surface area contributed by atoms with E-state index in [-0.39, 0.29) is 17.4 Å². The summed E-state index contributed by atoms with van der Waals surface area (Å²) in [5.41, 5.74) is 2.73. The number of hydrogen-bond acceptors (Lipinski definition) is 7. The predicted molar refractivity (Wildman–Crippen MR) is 124 cm³/mol. The molecule has 9 heteroatoms. The lowest BCUT2D eigenvalue weighted by atomic mass is 9.97. The van der Waals surface area contributed by atoms with Crippen molar-refractivity contribution in [2.24, 2.45) is 5.92 Å². The molecule has 0 unspecified atom stereocenters. The average molecular weight is 454 g/mol. The Hall–Kier alpha value is -2.94. The Morgan fingerprint density at radius 1 is 1.28 bits per heavy atom. The second-order valence-corrected chi connectivity index (χ2v) is 9.42. The number of amides is 1. The smallest absolute Gasteiger partial charge is 0.278 e.